The van der Waals surface area contributed by atoms with Gasteiger partial charge in [-0.15, -0.1) is 0 Å². The van der Waals surface area contributed by atoms with E-state index >= 15 is 0 Å². The normalized spacial score (nSPS) is 13.5. The van der Waals surface area contributed by atoms with Crippen LogP contribution < -0.4 is 41.4 Å². The molecule has 0 radical (unpaired) electrons. The molecule has 0 saturated carbocycles. The Labute approximate surface area is 471 Å². The van der Waals surface area contributed by atoms with Crippen molar-refractivity contribution in [2.24, 2.45) is 4.99 Å². The van der Waals surface area contributed by atoms with Gasteiger partial charge in [-0.3, -0.25) is 9.59 Å². The second-order valence-corrected chi connectivity index (χ2v) is 21.5. The molecule has 1 aromatic heterocycles. The van der Waals surface area contributed by atoms with E-state index in [-0.39, 0.29) is 17.9 Å². The third-order valence-corrected chi connectivity index (χ3v) is 15.6. The lowest BCUT2D eigenvalue weighted by molar-refractivity contribution is -0.310. The minimum Gasteiger partial charge on any atom is -0.385 e. The van der Waals surface area contributed by atoms with Gasteiger partial charge in [-0.1, -0.05) is 86.3 Å². The molecule has 0 bridgehead atoms. The van der Waals surface area contributed by atoms with Crippen molar-refractivity contribution in [1.29, 1.82) is 0 Å². The van der Waals surface area contributed by atoms with E-state index < -0.39 is 0 Å². The van der Waals surface area contributed by atoms with Gasteiger partial charge in [-0.05, 0) is 172 Å². The zero-order valence-electron chi connectivity index (χ0n) is 47.2. The van der Waals surface area contributed by atoms with Crippen molar-refractivity contribution in [3.63, 3.8) is 0 Å². The fraction of sp³-hybridized carbons (Fsp3) is 0.279. The molecule has 0 saturated heterocycles. The van der Waals surface area contributed by atoms with Gasteiger partial charge in [0.1, 0.15) is 11.0 Å². The quantitative estimate of drug-likeness (QED) is 0.0315. The number of carbonyl (C=O) groups excluding carboxylic acids is 2. The first-order valence-electron chi connectivity index (χ1n) is 28.5. The Morgan fingerprint density at radius 1 is 0.562 bits per heavy atom. The maximum atomic E-state index is 13.0. The van der Waals surface area contributed by atoms with Crippen molar-refractivity contribution >= 4 is 79.4 Å². The van der Waals surface area contributed by atoms with E-state index in [1.165, 1.54) is 28.0 Å². The zero-order chi connectivity index (χ0) is 55.5. The summed E-state index contributed by atoms with van der Waals surface area (Å²) in [5, 5.41) is 17.2. The minimum absolute atomic E-state index is 0.0666. The molecular weight excluding hydrogens is 989 g/mol. The number of aliphatic imine (C=N–C) groups is 1. The van der Waals surface area contributed by atoms with E-state index in [0.29, 0.717) is 24.2 Å². The third-order valence-electron chi connectivity index (χ3n) is 15.6. The summed E-state index contributed by atoms with van der Waals surface area (Å²) >= 11 is 0. The fourth-order valence-electron chi connectivity index (χ4n) is 10.8. The fourth-order valence-corrected chi connectivity index (χ4v) is 10.8. The molecule has 0 fully saturated rings. The highest BCUT2D eigenvalue weighted by Gasteiger charge is 2.26. The molecule has 8 aromatic rings. The van der Waals surface area contributed by atoms with E-state index in [0.717, 1.165) is 143 Å². The Kier molecular flexibility index (Phi) is 17.3. The number of aromatic amines is 1. The summed E-state index contributed by atoms with van der Waals surface area (Å²) in [5.41, 5.74) is 21.6. The number of nitrogens with zero attached hydrogens (tertiary/aromatic N) is 4. The lowest BCUT2D eigenvalue weighted by Gasteiger charge is -2.33. The lowest BCUT2D eigenvalue weighted by Crippen LogP contribution is -2.35. The molecule has 0 spiro atoms. The molecule has 408 valence electrons. The summed E-state index contributed by atoms with van der Waals surface area (Å²) in [7, 11) is 4.24. The van der Waals surface area contributed by atoms with Gasteiger partial charge in [-0.2, -0.15) is 0 Å². The number of unbranched alkanes of at least 4 members (excludes halogenated alkanes) is 6. The van der Waals surface area contributed by atoms with Crippen LogP contribution in [-0.2, 0) is 0 Å². The SMILES string of the molecule is CC1=CC2=Nc3cc(C)c(NCCCCCCNC(=O)c4ccc(-c5ccc(C(=O)NCCCCCCNc6cc7[nH+]c8cc(N(C)c9ccccc9)c(C)cc8nc7cc6C)cc5)cc4)cc3NC2=CC1N(C)c1ccccc1. The molecule has 2 amide bonds. The Bertz CT molecular complexity index is 3590. The first-order valence-corrected chi connectivity index (χ1v) is 28.5. The third kappa shape index (κ3) is 13.0. The van der Waals surface area contributed by atoms with Crippen molar-refractivity contribution in [3.8, 4) is 11.1 Å². The van der Waals surface area contributed by atoms with Gasteiger partial charge in [0, 0.05) is 86.3 Å². The van der Waals surface area contributed by atoms with Gasteiger partial charge < -0.3 is 36.4 Å². The van der Waals surface area contributed by atoms with Crippen LogP contribution in [0, 0.1) is 20.8 Å². The van der Waals surface area contributed by atoms with Crippen LogP contribution in [0.15, 0.2) is 174 Å². The van der Waals surface area contributed by atoms with E-state index in [1.54, 1.807) is 0 Å². The minimum atomic E-state index is -0.0674. The number of likely N-dealkylation sites (N-methyl/N-ethyl adjacent to an activating group) is 1. The van der Waals surface area contributed by atoms with Crippen molar-refractivity contribution in [1.82, 2.24) is 15.6 Å². The van der Waals surface area contributed by atoms with E-state index in [9.17, 15) is 9.59 Å². The molecule has 1 atom stereocenters. The van der Waals surface area contributed by atoms with Gasteiger partial charge in [0.15, 0.2) is 0 Å². The summed E-state index contributed by atoms with van der Waals surface area (Å²) in [6.07, 6.45) is 12.6. The summed E-state index contributed by atoms with van der Waals surface area (Å²) in [6, 6.07) is 49.4. The number of anilines is 6. The van der Waals surface area contributed by atoms with Crippen LogP contribution >= 0.6 is 0 Å². The van der Waals surface area contributed by atoms with E-state index in [2.05, 4.69) is 180 Å². The largest absolute Gasteiger partial charge is 0.385 e. The molecule has 6 N–H and O–H groups in total. The number of aryl methyl sites for hydroxylation is 3. The molecule has 12 heteroatoms. The van der Waals surface area contributed by atoms with Crippen molar-refractivity contribution in [2.75, 3.05) is 66.0 Å². The van der Waals surface area contributed by atoms with Crippen molar-refractivity contribution < 1.29 is 14.6 Å². The van der Waals surface area contributed by atoms with E-state index in [1.807, 2.05) is 60.7 Å². The number of hydrogen-bond acceptors (Lipinski definition) is 9. The second kappa shape index (κ2) is 25.4. The van der Waals surface area contributed by atoms with Crippen LogP contribution in [0.3, 0.4) is 0 Å². The van der Waals surface area contributed by atoms with Crippen LogP contribution in [0.2, 0.25) is 0 Å². The van der Waals surface area contributed by atoms with Crippen LogP contribution in [0.4, 0.5) is 39.8 Å². The molecule has 1 aliphatic carbocycles. The van der Waals surface area contributed by atoms with Crippen LogP contribution in [-0.4, -0.2) is 68.8 Å². The van der Waals surface area contributed by atoms with Gasteiger partial charge in [0.05, 0.1) is 34.5 Å². The number of benzene rings is 7. The highest BCUT2D eigenvalue weighted by Crippen LogP contribution is 2.39. The molecule has 1 aliphatic heterocycles. The first-order chi connectivity index (χ1) is 38.9. The van der Waals surface area contributed by atoms with Gasteiger partial charge in [0.25, 0.3) is 11.8 Å². The zero-order valence-corrected chi connectivity index (χ0v) is 47.2. The predicted octanol–water partition coefficient (Wildman–Crippen LogP) is 14.2. The summed E-state index contributed by atoms with van der Waals surface area (Å²) in [6.45, 7) is 11.6. The highest BCUT2D eigenvalue weighted by atomic mass is 16.2. The molecule has 7 aromatic carbocycles. The number of para-hydroxylation sites is 2. The van der Waals surface area contributed by atoms with Gasteiger partial charge in [0.2, 0.25) is 11.0 Å². The Morgan fingerprint density at radius 3 is 1.66 bits per heavy atom. The number of nitrogens with one attached hydrogen (secondary N) is 6. The Morgan fingerprint density at radius 2 is 1.07 bits per heavy atom. The molecule has 12 nitrogen and oxygen atoms in total. The average molecular weight is 1060 g/mol. The molecule has 80 heavy (non-hydrogen) atoms. The molecular formula is C68H75N10O2+. The van der Waals surface area contributed by atoms with Crippen LogP contribution in [0.1, 0.15) is 95.7 Å². The van der Waals surface area contributed by atoms with Gasteiger partial charge >= 0.3 is 0 Å². The van der Waals surface area contributed by atoms with Crippen LogP contribution in [0.5, 0.6) is 0 Å². The van der Waals surface area contributed by atoms with Crippen molar-refractivity contribution in [3.05, 3.63) is 197 Å². The highest BCUT2D eigenvalue weighted by molar-refractivity contribution is 6.15. The van der Waals surface area contributed by atoms with Crippen molar-refractivity contribution in [2.45, 2.75) is 85.1 Å². The number of amides is 2. The number of fused-ring (bicyclic) bond motifs is 4. The van der Waals surface area contributed by atoms with Crippen LogP contribution in [0.25, 0.3) is 33.2 Å². The molecule has 10 rings (SSSR count). The summed E-state index contributed by atoms with van der Waals surface area (Å²) in [5.74, 6) is -0.134. The smallest absolute Gasteiger partial charge is 0.251 e. The van der Waals surface area contributed by atoms with E-state index in [4.69, 9.17) is 9.98 Å². The maximum Gasteiger partial charge on any atom is 0.251 e. The topological polar surface area (TPSA) is 140 Å². The summed E-state index contributed by atoms with van der Waals surface area (Å²) in [4.78, 5) is 44.2. The monoisotopic (exact) mass is 1060 g/mol. The lowest BCUT2D eigenvalue weighted by atomic mass is 9.95. The number of hydrogen-bond donors (Lipinski definition) is 5. The number of aromatic nitrogens is 2. The Hall–Kier alpha value is -8.77. The maximum absolute atomic E-state index is 13.0. The molecule has 1 unspecified atom stereocenters. The Balaban J connectivity index is 0.592. The first kappa shape index (κ1) is 54.6. The predicted molar refractivity (Wildman–Crippen MR) is 333 cm³/mol. The standard InChI is InChI=1S/C68H74N10O2/c1-45-37-57-61(75-63-43-65(47(3)39-59(63)73-57)77(5)53-21-13-11-14-22-53)41-55(45)69-33-17-7-9-19-35-71-67(79)51-29-25-49(26-30-51)50-27-31-52(32-28-50)68(80)72-36-20-10-8-18-34-70-56-42-62-58(38-46(56)2)74-60-40-48(4)66(44-64(60)76-62)78(6)54-23-15-12-16-24-54/h11-16,21-32,37-44,65,69-70,75H,7-10,17-20,33-36H2,1-6H3,(H,71,79)(H,72,80)/p+1. The number of rotatable bonds is 23. The number of allylic oxidation sites excluding steroid dienone is 1. The molecule has 2 aliphatic rings. The molecule has 2 heterocycles. The van der Waals surface area contributed by atoms with Gasteiger partial charge in [-0.25, -0.2) is 15.0 Å². The number of carbonyl (C=O) groups is 2. The second-order valence-electron chi connectivity index (χ2n) is 21.5. The number of H-pyrrole nitrogens is 1. The average Bonchev–Trinajstić information content (AvgIpc) is 3.48. The summed E-state index contributed by atoms with van der Waals surface area (Å²) < 4.78 is 0.